The van der Waals surface area contributed by atoms with Gasteiger partial charge in [-0.25, -0.2) is 0 Å². The van der Waals surface area contributed by atoms with Crippen LogP contribution in [0, 0.1) is 0 Å². The maximum Gasteiger partial charge on any atom is 0.213 e. The summed E-state index contributed by atoms with van der Waals surface area (Å²) in [5.41, 5.74) is 5.40. The average Bonchev–Trinajstić information content (AvgIpc) is 1.87. The molecule has 2 N–H and O–H groups in total. The van der Waals surface area contributed by atoms with Gasteiger partial charge < -0.3 is 5.73 Å². The monoisotopic (exact) mass is 153 g/mol. The average molecular weight is 153 g/mol. The summed E-state index contributed by atoms with van der Waals surface area (Å²) in [6.45, 7) is 2.98. The van der Waals surface area contributed by atoms with Gasteiger partial charge in [-0.1, -0.05) is 13.3 Å². The second-order valence-corrected chi connectivity index (χ2v) is 3.81. The van der Waals surface area contributed by atoms with Crippen LogP contribution in [0.2, 0.25) is 0 Å². The lowest BCUT2D eigenvalue weighted by atomic mass is 10.3. The van der Waals surface area contributed by atoms with Crippen LogP contribution in [0.4, 0.5) is 0 Å². The van der Waals surface area contributed by atoms with Gasteiger partial charge in [0, 0.05) is 0 Å². The van der Waals surface area contributed by atoms with Crippen LogP contribution < -0.4 is 5.73 Å². The van der Waals surface area contributed by atoms with E-state index in [1.165, 1.54) is 15.3 Å². The van der Waals surface area contributed by atoms with Crippen LogP contribution in [0.5, 0.6) is 0 Å². The molecule has 9 heavy (non-hydrogen) atoms. The zero-order valence-electron chi connectivity index (χ0n) is 6.11. The Morgan fingerprint density at radius 2 is 1.89 bits per heavy atom. The number of rotatable bonds is 3. The van der Waals surface area contributed by atoms with Crippen molar-refractivity contribution in [3.63, 3.8) is 0 Å². The first-order chi connectivity index (χ1) is 4.22. The molecule has 0 atom stereocenters. The molecule has 0 rings (SSSR count). The van der Waals surface area contributed by atoms with E-state index in [9.17, 15) is 0 Å². The van der Waals surface area contributed by atoms with E-state index in [2.05, 4.69) is 6.92 Å². The third-order valence-corrected chi connectivity index (χ3v) is 3.73. The quantitative estimate of drug-likeness (QED) is 0.556. The Balaban J connectivity index is 3.78. The predicted octanol–water partition coefficient (Wildman–Crippen LogP) is -0.242. The summed E-state index contributed by atoms with van der Waals surface area (Å²) in [6.07, 6.45) is 2.25. The lowest BCUT2D eigenvalue weighted by Crippen LogP contribution is -2.02. The number of hydrogen-bond donors (Lipinski definition) is 1. The van der Waals surface area contributed by atoms with E-state index in [0.717, 1.165) is 13.0 Å². The van der Waals surface area contributed by atoms with Gasteiger partial charge in [-0.3, -0.25) is 0 Å². The third-order valence-electron chi connectivity index (χ3n) is 1.37. The van der Waals surface area contributed by atoms with E-state index in [1.54, 1.807) is 0 Å². The van der Waals surface area contributed by atoms with Gasteiger partial charge in [0.1, 0.15) is 0 Å². The molecule has 0 bridgehead atoms. The minimum atomic E-state index is 0.792. The number of allylic oxidation sites excluding steroid dienone is 1. The van der Waals surface area contributed by atoms with Gasteiger partial charge >= 0.3 is 0 Å². The van der Waals surface area contributed by atoms with Crippen LogP contribution in [0.15, 0.2) is 8.87 Å². The molecule has 0 aromatic rings. The van der Waals surface area contributed by atoms with Crippen molar-refractivity contribution in [2.24, 2.45) is 5.73 Å². The first-order valence-electron chi connectivity index (χ1n) is 3.28. The molecule has 0 unspecified atom stereocenters. The zero-order valence-corrected chi connectivity index (χ0v) is 8.94. The maximum absolute atomic E-state index is 5.40. The normalized spacial score (nSPS) is 13.1. The van der Waals surface area contributed by atoms with Crippen molar-refractivity contribution >= 4 is 32.6 Å². The van der Waals surface area contributed by atoms with Crippen molar-refractivity contribution < 1.29 is 0 Å². The largest absolute Gasteiger partial charge is 0.330 e. The van der Waals surface area contributed by atoms with Crippen molar-refractivity contribution in [1.82, 2.24) is 0 Å². The SMILES string of the molecule is CC/[C]([AlH])=[C](/[AlH])CCN. The smallest absolute Gasteiger partial charge is 0.213 e. The minimum Gasteiger partial charge on any atom is -0.330 e. The zero-order chi connectivity index (χ0) is 7.28. The van der Waals surface area contributed by atoms with Gasteiger partial charge in [-0.15, -0.1) is 0 Å². The summed E-state index contributed by atoms with van der Waals surface area (Å²) in [6, 6.07) is 0. The van der Waals surface area contributed by atoms with E-state index in [4.69, 9.17) is 5.73 Å². The van der Waals surface area contributed by atoms with E-state index in [-0.39, 0.29) is 0 Å². The molecule has 2 radical (unpaired) electrons. The van der Waals surface area contributed by atoms with E-state index >= 15 is 0 Å². The van der Waals surface area contributed by atoms with Crippen molar-refractivity contribution in [1.29, 1.82) is 0 Å². The number of nitrogens with two attached hydrogens (primary N) is 1. The second-order valence-electron chi connectivity index (χ2n) is 2.10. The molecule has 1 nitrogen and oxygen atoms in total. The lowest BCUT2D eigenvalue weighted by Gasteiger charge is -2.04. The van der Waals surface area contributed by atoms with Crippen molar-refractivity contribution in [3.8, 4) is 0 Å². The Morgan fingerprint density at radius 3 is 2.22 bits per heavy atom. The van der Waals surface area contributed by atoms with Crippen LogP contribution in [0.3, 0.4) is 0 Å². The van der Waals surface area contributed by atoms with Crippen LogP contribution in [0.25, 0.3) is 0 Å². The molecule has 48 valence electrons. The summed E-state index contributed by atoms with van der Waals surface area (Å²) >= 11 is 3.96. The fourth-order valence-electron chi connectivity index (χ4n) is 0.601. The van der Waals surface area contributed by atoms with E-state index in [0.29, 0.717) is 0 Å². The molecule has 0 aromatic heterocycles. The predicted molar refractivity (Wildman–Crippen MR) is 45.3 cm³/mol. The maximum atomic E-state index is 5.40. The van der Waals surface area contributed by atoms with Gasteiger partial charge in [-0.05, 0) is 13.0 Å². The summed E-state index contributed by atoms with van der Waals surface area (Å²) in [5.74, 6) is 0. The van der Waals surface area contributed by atoms with Gasteiger partial charge in [0.25, 0.3) is 0 Å². The highest BCUT2D eigenvalue weighted by Crippen LogP contribution is 2.03. The highest BCUT2D eigenvalue weighted by molar-refractivity contribution is 6.31. The Bertz CT molecular complexity index is 110. The molecule has 3 heteroatoms. The third kappa shape index (κ3) is 4.21. The Labute approximate surface area is 73.5 Å². The molecule has 0 aliphatic carbocycles. The van der Waals surface area contributed by atoms with Gasteiger partial charge in [0.2, 0.25) is 32.6 Å². The van der Waals surface area contributed by atoms with Gasteiger partial charge in [0.05, 0.1) is 0 Å². The van der Waals surface area contributed by atoms with Crippen LogP contribution in [-0.4, -0.2) is 39.1 Å². The number of hydrogen-bond acceptors (Lipinski definition) is 1. The molecular formula is C6H13Al2N. The molecule has 0 fully saturated rings. The molecule has 0 heterocycles. The topological polar surface area (TPSA) is 26.0 Å². The van der Waals surface area contributed by atoms with E-state index in [1.807, 2.05) is 32.6 Å². The Kier molecular flexibility index (Phi) is 6.01. The molecule has 0 aliphatic heterocycles. The van der Waals surface area contributed by atoms with Crippen molar-refractivity contribution in [2.45, 2.75) is 19.8 Å². The fraction of sp³-hybridized carbons (Fsp3) is 0.667. The highest BCUT2D eigenvalue weighted by atomic mass is 27.1. The summed E-state index contributed by atoms with van der Waals surface area (Å²) in [4.78, 5) is 0. The second kappa shape index (κ2) is 5.54. The van der Waals surface area contributed by atoms with Crippen LogP contribution >= 0.6 is 0 Å². The molecule has 0 amide bonds. The minimum absolute atomic E-state index is 0.792. The highest BCUT2D eigenvalue weighted by Gasteiger charge is 1.90. The Hall–Kier alpha value is 0.765. The molecule has 0 aromatic carbocycles. The Morgan fingerprint density at radius 1 is 1.33 bits per heavy atom. The first-order valence-corrected chi connectivity index (χ1v) is 4.69. The standard InChI is InChI=1S/C6H11N.2Al.2H/c1-2-3-4-5-6-7;;;;/h2,5-7H2,1H3;;;;. The molecular weight excluding hydrogens is 140 g/mol. The molecule has 0 aliphatic rings. The van der Waals surface area contributed by atoms with Crippen molar-refractivity contribution in [3.05, 3.63) is 8.87 Å². The van der Waals surface area contributed by atoms with Crippen LogP contribution in [-0.2, 0) is 0 Å². The van der Waals surface area contributed by atoms with E-state index < -0.39 is 0 Å². The summed E-state index contributed by atoms with van der Waals surface area (Å²) in [7, 11) is 0. The summed E-state index contributed by atoms with van der Waals surface area (Å²) < 4.78 is 3.03. The lowest BCUT2D eigenvalue weighted by molar-refractivity contribution is 0.977. The molecule has 0 spiro atoms. The van der Waals surface area contributed by atoms with Crippen molar-refractivity contribution in [2.75, 3.05) is 6.54 Å². The molecule has 0 saturated carbocycles. The first kappa shape index (κ1) is 9.76. The van der Waals surface area contributed by atoms with Gasteiger partial charge in [-0.2, -0.15) is 8.87 Å². The van der Waals surface area contributed by atoms with Crippen LogP contribution in [0.1, 0.15) is 19.8 Å². The fourth-order valence-corrected chi connectivity index (χ4v) is 1.23. The summed E-state index contributed by atoms with van der Waals surface area (Å²) in [5, 5.41) is 0. The molecule has 0 saturated heterocycles. The van der Waals surface area contributed by atoms with Gasteiger partial charge in [0.15, 0.2) is 0 Å².